The molecule has 0 aliphatic carbocycles. The third kappa shape index (κ3) is 4.49. The molecule has 4 nitrogen and oxygen atoms in total. The molecule has 3 rings (SSSR count). The first-order chi connectivity index (χ1) is 13.5. The van der Waals surface area contributed by atoms with Crippen LogP contribution in [-0.4, -0.2) is 13.1 Å². The fraction of sp³-hybridized carbons (Fsp3) is 0.348. The minimum atomic E-state index is -0.422. The van der Waals surface area contributed by atoms with Gasteiger partial charge in [0, 0.05) is 18.1 Å². The first kappa shape index (κ1) is 20.2. The molecular weight excluding hydrogens is 355 g/mol. The van der Waals surface area contributed by atoms with Crippen LogP contribution < -0.4 is 16.5 Å². The predicted molar refractivity (Wildman–Crippen MR) is 111 cm³/mol. The molecule has 28 heavy (non-hydrogen) atoms. The van der Waals surface area contributed by atoms with Crippen LogP contribution in [0.3, 0.4) is 0 Å². The zero-order valence-corrected chi connectivity index (χ0v) is 16.4. The minimum Gasteiger partial charge on any atom is -0.459 e. The molecule has 0 spiro atoms. The molecule has 2 aromatic carbocycles. The van der Waals surface area contributed by atoms with Crippen LogP contribution in [-0.2, 0) is 6.42 Å². The number of nitrogens with two attached hydrogens (primary N) is 1. The number of nitrogens with one attached hydrogen (secondary N) is 1. The van der Waals surface area contributed by atoms with E-state index in [1.165, 1.54) is 18.2 Å². The highest BCUT2D eigenvalue weighted by Gasteiger charge is 2.25. The summed E-state index contributed by atoms with van der Waals surface area (Å²) >= 11 is 0. The molecule has 1 atom stereocenters. The standard InChI is InChI=1S/C23H27FN2O2/c1-15(2)21(26-12-6-11-25)23-19(13-16-7-4-3-5-8-16)22(27)18-10-9-17(24)14-20(18)28-23/h3-5,7-10,14-15,21,26H,6,11-13,25H2,1-2H3/t21-/m1/s1. The second kappa shape index (κ2) is 9.13. The normalized spacial score (nSPS) is 12.6. The van der Waals surface area contributed by atoms with E-state index in [1.54, 1.807) is 0 Å². The van der Waals surface area contributed by atoms with Gasteiger partial charge in [-0.2, -0.15) is 0 Å². The van der Waals surface area contributed by atoms with E-state index in [-0.39, 0.29) is 23.0 Å². The molecule has 3 aromatic rings. The lowest BCUT2D eigenvalue weighted by Gasteiger charge is -2.24. The predicted octanol–water partition coefficient (Wildman–Crippen LogP) is 4.16. The Morgan fingerprint density at radius 1 is 1.14 bits per heavy atom. The summed E-state index contributed by atoms with van der Waals surface area (Å²) in [5.41, 5.74) is 7.44. The molecule has 0 saturated carbocycles. The number of halogens is 1. The van der Waals surface area contributed by atoms with E-state index in [0.717, 1.165) is 18.5 Å². The second-order valence-electron chi connectivity index (χ2n) is 7.39. The molecule has 0 amide bonds. The quantitative estimate of drug-likeness (QED) is 0.574. The Morgan fingerprint density at radius 2 is 1.89 bits per heavy atom. The summed E-state index contributed by atoms with van der Waals surface area (Å²) in [5.74, 6) is 0.343. The lowest BCUT2D eigenvalue weighted by molar-refractivity contribution is 0.341. The van der Waals surface area contributed by atoms with Gasteiger partial charge in [0.15, 0.2) is 5.43 Å². The Morgan fingerprint density at radius 3 is 2.57 bits per heavy atom. The lowest BCUT2D eigenvalue weighted by atomic mass is 9.93. The zero-order chi connectivity index (χ0) is 20.1. The Balaban J connectivity index is 2.16. The average Bonchev–Trinajstić information content (AvgIpc) is 2.68. The van der Waals surface area contributed by atoms with Gasteiger partial charge < -0.3 is 15.5 Å². The van der Waals surface area contributed by atoms with Crippen molar-refractivity contribution in [3.63, 3.8) is 0 Å². The molecule has 3 N–H and O–H groups in total. The zero-order valence-electron chi connectivity index (χ0n) is 16.4. The third-order valence-electron chi connectivity index (χ3n) is 4.90. The monoisotopic (exact) mass is 382 g/mol. The maximum absolute atomic E-state index is 13.8. The van der Waals surface area contributed by atoms with Crippen molar-refractivity contribution in [1.82, 2.24) is 5.32 Å². The van der Waals surface area contributed by atoms with Gasteiger partial charge in [-0.25, -0.2) is 4.39 Å². The second-order valence-corrected chi connectivity index (χ2v) is 7.39. The molecule has 148 valence electrons. The largest absolute Gasteiger partial charge is 0.459 e. The van der Waals surface area contributed by atoms with E-state index >= 15 is 0 Å². The van der Waals surface area contributed by atoms with Gasteiger partial charge >= 0.3 is 0 Å². The summed E-state index contributed by atoms with van der Waals surface area (Å²) in [7, 11) is 0. The summed E-state index contributed by atoms with van der Waals surface area (Å²) in [6.07, 6.45) is 1.29. The van der Waals surface area contributed by atoms with E-state index in [0.29, 0.717) is 29.7 Å². The van der Waals surface area contributed by atoms with Crippen molar-refractivity contribution in [2.75, 3.05) is 13.1 Å². The van der Waals surface area contributed by atoms with E-state index in [1.807, 2.05) is 30.3 Å². The highest BCUT2D eigenvalue weighted by atomic mass is 19.1. The van der Waals surface area contributed by atoms with Crippen molar-refractivity contribution in [1.29, 1.82) is 0 Å². The first-order valence-corrected chi connectivity index (χ1v) is 9.73. The molecule has 0 fully saturated rings. The van der Waals surface area contributed by atoms with E-state index in [2.05, 4.69) is 19.2 Å². The maximum atomic E-state index is 13.8. The average molecular weight is 382 g/mol. The van der Waals surface area contributed by atoms with Crippen molar-refractivity contribution in [3.8, 4) is 0 Å². The van der Waals surface area contributed by atoms with Crippen LogP contribution in [0.4, 0.5) is 4.39 Å². The SMILES string of the molecule is CC(C)[C@@H](NCCCN)c1oc2cc(F)ccc2c(=O)c1Cc1ccccc1. The van der Waals surface area contributed by atoms with Gasteiger partial charge in [-0.15, -0.1) is 0 Å². The van der Waals surface area contributed by atoms with Crippen LogP contribution in [0.1, 0.15) is 43.2 Å². The van der Waals surface area contributed by atoms with Crippen LogP contribution in [0.15, 0.2) is 57.7 Å². The number of rotatable bonds is 8. The minimum absolute atomic E-state index is 0.105. The molecule has 0 unspecified atom stereocenters. The smallest absolute Gasteiger partial charge is 0.196 e. The summed E-state index contributed by atoms with van der Waals surface area (Å²) in [6.45, 7) is 5.45. The molecule has 0 aliphatic heterocycles. The molecule has 5 heteroatoms. The van der Waals surface area contributed by atoms with E-state index in [4.69, 9.17) is 10.2 Å². The highest BCUT2D eigenvalue weighted by Crippen LogP contribution is 2.28. The fourth-order valence-corrected chi connectivity index (χ4v) is 3.43. The van der Waals surface area contributed by atoms with Crippen molar-refractivity contribution >= 4 is 11.0 Å². The Hall–Kier alpha value is -2.50. The van der Waals surface area contributed by atoms with Gasteiger partial charge in [-0.3, -0.25) is 4.79 Å². The summed E-state index contributed by atoms with van der Waals surface area (Å²) in [6, 6.07) is 13.7. The van der Waals surface area contributed by atoms with Gasteiger partial charge in [-0.05, 0) is 43.1 Å². The van der Waals surface area contributed by atoms with Crippen molar-refractivity contribution in [3.05, 3.63) is 81.5 Å². The van der Waals surface area contributed by atoms with Gasteiger partial charge in [0.25, 0.3) is 0 Å². The molecule has 0 saturated heterocycles. The Labute approximate surface area is 164 Å². The van der Waals surface area contributed by atoms with Crippen LogP contribution in [0.5, 0.6) is 0 Å². The van der Waals surface area contributed by atoms with Gasteiger partial charge in [0.1, 0.15) is 17.2 Å². The van der Waals surface area contributed by atoms with E-state index < -0.39 is 5.82 Å². The van der Waals surface area contributed by atoms with Gasteiger partial charge in [-0.1, -0.05) is 44.2 Å². The number of benzene rings is 2. The maximum Gasteiger partial charge on any atom is 0.196 e. The van der Waals surface area contributed by atoms with Gasteiger partial charge in [0.05, 0.1) is 11.4 Å². The third-order valence-corrected chi connectivity index (χ3v) is 4.90. The van der Waals surface area contributed by atoms with Gasteiger partial charge in [0.2, 0.25) is 0 Å². The summed E-state index contributed by atoms with van der Waals surface area (Å²) in [4.78, 5) is 13.3. The van der Waals surface area contributed by atoms with Crippen LogP contribution in [0.25, 0.3) is 11.0 Å². The van der Waals surface area contributed by atoms with Crippen molar-refractivity contribution in [2.24, 2.45) is 11.7 Å². The Bertz CT molecular complexity index is 983. The van der Waals surface area contributed by atoms with E-state index in [9.17, 15) is 9.18 Å². The van der Waals surface area contributed by atoms with Crippen molar-refractivity contribution in [2.45, 2.75) is 32.7 Å². The fourth-order valence-electron chi connectivity index (χ4n) is 3.43. The van der Waals surface area contributed by atoms with Crippen molar-refractivity contribution < 1.29 is 8.81 Å². The summed E-state index contributed by atoms with van der Waals surface area (Å²) in [5, 5.41) is 3.87. The number of hydrogen-bond acceptors (Lipinski definition) is 4. The van der Waals surface area contributed by atoms with Crippen LogP contribution in [0.2, 0.25) is 0 Å². The topological polar surface area (TPSA) is 68.3 Å². The van der Waals surface area contributed by atoms with Crippen LogP contribution >= 0.6 is 0 Å². The first-order valence-electron chi connectivity index (χ1n) is 9.73. The number of fused-ring (bicyclic) bond motifs is 1. The molecule has 0 aliphatic rings. The summed E-state index contributed by atoms with van der Waals surface area (Å²) < 4.78 is 19.9. The lowest BCUT2D eigenvalue weighted by Crippen LogP contribution is -2.30. The number of hydrogen-bond donors (Lipinski definition) is 2. The highest BCUT2D eigenvalue weighted by molar-refractivity contribution is 5.77. The van der Waals surface area contributed by atoms with Crippen LogP contribution in [0, 0.1) is 11.7 Å². The molecular formula is C23H27FN2O2. The Kier molecular flexibility index (Phi) is 6.60. The molecule has 0 bridgehead atoms. The molecule has 0 radical (unpaired) electrons. The molecule has 1 heterocycles. The molecule has 1 aromatic heterocycles.